The van der Waals surface area contributed by atoms with Gasteiger partial charge < -0.3 is 20.3 Å². The fraction of sp³-hybridized carbons (Fsp3) is 0.435. The van der Waals surface area contributed by atoms with Crippen LogP contribution in [-0.2, 0) is 0 Å². The van der Waals surface area contributed by atoms with Crippen LogP contribution >= 0.6 is 0 Å². The van der Waals surface area contributed by atoms with E-state index < -0.39 is 0 Å². The molecule has 1 aliphatic rings. The standard InChI is InChI=1S/C16H20N4O2.C7H11N3/c1-10-7-20(8-11(2)18-10)14-5-4-12(9-21)15-13(14)6-17-16(19-15)22-3;1-5-6(2)10-7(8-3)4-9-5/h4-6,9-11,18H,7-8H2,1-3H3;4H,1-3H3,(H,8,10). The number of piperazine rings is 1. The van der Waals surface area contributed by atoms with Crippen LogP contribution in [0.1, 0.15) is 35.6 Å². The molecule has 0 bridgehead atoms. The lowest BCUT2D eigenvalue weighted by Crippen LogP contribution is -2.54. The Bertz CT molecular complexity index is 1080. The van der Waals surface area contributed by atoms with Gasteiger partial charge in [0.2, 0.25) is 0 Å². The molecule has 0 radical (unpaired) electrons. The highest BCUT2D eigenvalue weighted by molar-refractivity contribution is 6.01. The van der Waals surface area contributed by atoms with E-state index in [1.165, 1.54) is 7.11 Å². The number of hydrogen-bond acceptors (Lipinski definition) is 9. The van der Waals surface area contributed by atoms with Crippen LogP contribution in [0.15, 0.2) is 24.5 Å². The summed E-state index contributed by atoms with van der Waals surface area (Å²) in [5.41, 5.74) is 4.21. The second-order valence-corrected chi connectivity index (χ2v) is 7.96. The third kappa shape index (κ3) is 5.28. The van der Waals surface area contributed by atoms with Gasteiger partial charge in [-0.3, -0.25) is 9.78 Å². The molecule has 9 heteroatoms. The van der Waals surface area contributed by atoms with E-state index in [0.717, 1.165) is 47.7 Å². The fourth-order valence-corrected chi connectivity index (χ4v) is 3.77. The number of aromatic nitrogens is 4. The summed E-state index contributed by atoms with van der Waals surface area (Å²) in [5, 5.41) is 7.32. The van der Waals surface area contributed by atoms with E-state index in [1.54, 1.807) is 12.4 Å². The molecule has 0 aliphatic carbocycles. The molecule has 1 aliphatic heterocycles. The summed E-state index contributed by atoms with van der Waals surface area (Å²) in [6, 6.07) is 4.88. The number of rotatable bonds is 4. The largest absolute Gasteiger partial charge is 0.467 e. The Morgan fingerprint density at radius 3 is 2.41 bits per heavy atom. The summed E-state index contributed by atoms with van der Waals surface area (Å²) >= 11 is 0. The van der Waals surface area contributed by atoms with Crippen molar-refractivity contribution < 1.29 is 9.53 Å². The molecule has 1 saturated heterocycles. The quantitative estimate of drug-likeness (QED) is 0.596. The number of benzene rings is 1. The molecular weight excluding hydrogens is 406 g/mol. The maximum atomic E-state index is 11.3. The van der Waals surface area contributed by atoms with Gasteiger partial charge in [-0.05, 0) is 39.8 Å². The van der Waals surface area contributed by atoms with Gasteiger partial charge in [-0.15, -0.1) is 0 Å². The lowest BCUT2D eigenvalue weighted by Gasteiger charge is -2.38. The van der Waals surface area contributed by atoms with Crippen molar-refractivity contribution in [2.24, 2.45) is 0 Å². The van der Waals surface area contributed by atoms with Crippen LogP contribution in [0.4, 0.5) is 11.5 Å². The number of hydrogen-bond donors (Lipinski definition) is 2. The van der Waals surface area contributed by atoms with Crippen molar-refractivity contribution in [1.29, 1.82) is 0 Å². The Kier molecular flexibility index (Phi) is 7.53. The lowest BCUT2D eigenvalue weighted by atomic mass is 10.1. The van der Waals surface area contributed by atoms with E-state index in [1.807, 2.05) is 33.0 Å². The highest BCUT2D eigenvalue weighted by atomic mass is 16.5. The van der Waals surface area contributed by atoms with Gasteiger partial charge in [0.15, 0.2) is 6.29 Å². The number of carbonyl (C=O) groups excluding carboxylic acids is 1. The number of carbonyl (C=O) groups is 1. The predicted molar refractivity (Wildman–Crippen MR) is 127 cm³/mol. The molecule has 32 heavy (non-hydrogen) atoms. The zero-order valence-corrected chi connectivity index (χ0v) is 19.5. The monoisotopic (exact) mass is 437 g/mol. The summed E-state index contributed by atoms with van der Waals surface area (Å²) in [4.78, 5) is 30.5. The van der Waals surface area contributed by atoms with Gasteiger partial charge in [-0.25, -0.2) is 9.97 Å². The number of nitrogens with zero attached hydrogens (tertiary/aromatic N) is 5. The van der Waals surface area contributed by atoms with Gasteiger partial charge in [-0.2, -0.15) is 4.98 Å². The van der Waals surface area contributed by atoms with Crippen molar-refractivity contribution >= 4 is 28.7 Å². The minimum absolute atomic E-state index is 0.273. The first-order valence-corrected chi connectivity index (χ1v) is 10.6. The van der Waals surface area contributed by atoms with Crippen LogP contribution in [0.2, 0.25) is 0 Å². The van der Waals surface area contributed by atoms with Crippen molar-refractivity contribution in [3.63, 3.8) is 0 Å². The SMILES string of the molecule is CNc1cnc(C)c(C)n1.COc1ncc2c(N3CC(C)NC(C)C3)ccc(C=O)c2n1. The van der Waals surface area contributed by atoms with Gasteiger partial charge in [0.05, 0.1) is 30.2 Å². The second-order valence-electron chi connectivity index (χ2n) is 7.96. The lowest BCUT2D eigenvalue weighted by molar-refractivity contribution is 0.112. The second kappa shape index (κ2) is 10.3. The summed E-state index contributed by atoms with van der Waals surface area (Å²) in [5.74, 6) is 0.822. The van der Waals surface area contributed by atoms with Crippen LogP contribution in [-0.4, -0.2) is 65.6 Å². The molecule has 0 amide bonds. The summed E-state index contributed by atoms with van der Waals surface area (Å²) in [6.45, 7) is 10.1. The molecule has 2 N–H and O–H groups in total. The average molecular weight is 438 g/mol. The first kappa shape index (κ1) is 23.3. The van der Waals surface area contributed by atoms with Crippen molar-refractivity contribution in [2.45, 2.75) is 39.8 Å². The molecule has 2 aromatic heterocycles. The molecule has 0 spiro atoms. The maximum absolute atomic E-state index is 11.3. The number of aldehydes is 1. The first-order valence-electron chi connectivity index (χ1n) is 10.6. The molecule has 1 aromatic carbocycles. The van der Waals surface area contributed by atoms with E-state index in [0.29, 0.717) is 23.2 Å². The van der Waals surface area contributed by atoms with Crippen molar-refractivity contribution in [1.82, 2.24) is 25.3 Å². The van der Waals surface area contributed by atoms with E-state index in [4.69, 9.17) is 4.74 Å². The maximum Gasteiger partial charge on any atom is 0.316 e. The number of fused-ring (bicyclic) bond motifs is 1. The van der Waals surface area contributed by atoms with Crippen LogP contribution in [0.3, 0.4) is 0 Å². The molecule has 3 aromatic rings. The van der Waals surface area contributed by atoms with E-state index in [9.17, 15) is 4.79 Å². The number of nitrogens with one attached hydrogen (secondary N) is 2. The summed E-state index contributed by atoms with van der Waals surface area (Å²) in [6.07, 6.45) is 4.28. The molecule has 3 heterocycles. The van der Waals surface area contributed by atoms with Crippen LogP contribution < -0.4 is 20.3 Å². The fourth-order valence-electron chi connectivity index (χ4n) is 3.77. The van der Waals surface area contributed by atoms with Gasteiger partial charge in [0, 0.05) is 55.1 Å². The van der Waals surface area contributed by atoms with E-state index in [2.05, 4.69) is 49.3 Å². The smallest absolute Gasteiger partial charge is 0.316 e. The van der Waals surface area contributed by atoms with E-state index in [-0.39, 0.29) is 6.01 Å². The topological polar surface area (TPSA) is 105 Å². The van der Waals surface area contributed by atoms with Gasteiger partial charge >= 0.3 is 6.01 Å². The first-order chi connectivity index (χ1) is 15.4. The minimum atomic E-state index is 0.273. The Hall–Kier alpha value is -3.33. The average Bonchev–Trinajstić information content (AvgIpc) is 2.79. The zero-order chi connectivity index (χ0) is 23.3. The third-order valence-electron chi connectivity index (χ3n) is 5.39. The summed E-state index contributed by atoms with van der Waals surface area (Å²) < 4.78 is 5.08. The van der Waals surface area contributed by atoms with E-state index >= 15 is 0 Å². The number of anilines is 2. The third-order valence-corrected chi connectivity index (χ3v) is 5.39. The van der Waals surface area contributed by atoms with Crippen molar-refractivity contribution in [3.05, 3.63) is 41.5 Å². The molecular formula is C23H31N7O2. The normalized spacial score (nSPS) is 18.0. The molecule has 170 valence electrons. The molecule has 1 fully saturated rings. The van der Waals surface area contributed by atoms with Crippen LogP contribution in [0.25, 0.3) is 10.9 Å². The minimum Gasteiger partial charge on any atom is -0.467 e. The molecule has 0 saturated carbocycles. The Morgan fingerprint density at radius 2 is 1.81 bits per heavy atom. The van der Waals surface area contributed by atoms with Crippen molar-refractivity contribution in [3.8, 4) is 6.01 Å². The Labute approximate surface area is 188 Å². The number of ether oxygens (including phenoxy) is 1. The Morgan fingerprint density at radius 1 is 1.09 bits per heavy atom. The van der Waals surface area contributed by atoms with Crippen LogP contribution in [0, 0.1) is 13.8 Å². The molecule has 2 atom stereocenters. The van der Waals surface area contributed by atoms with Crippen molar-refractivity contribution in [2.75, 3.05) is 37.5 Å². The van der Waals surface area contributed by atoms with Gasteiger partial charge in [0.25, 0.3) is 0 Å². The van der Waals surface area contributed by atoms with Gasteiger partial charge in [-0.1, -0.05) is 0 Å². The van der Waals surface area contributed by atoms with Crippen LogP contribution in [0.5, 0.6) is 6.01 Å². The highest BCUT2D eigenvalue weighted by Crippen LogP contribution is 2.29. The zero-order valence-electron chi connectivity index (χ0n) is 19.5. The summed E-state index contributed by atoms with van der Waals surface area (Å²) in [7, 11) is 3.35. The number of methoxy groups -OCH3 is 1. The highest BCUT2D eigenvalue weighted by Gasteiger charge is 2.23. The molecule has 4 rings (SSSR count). The Balaban J connectivity index is 0.000000243. The number of aryl methyl sites for hydroxylation is 2. The molecule has 9 nitrogen and oxygen atoms in total. The predicted octanol–water partition coefficient (Wildman–Crippen LogP) is 2.77. The molecule has 2 unspecified atom stereocenters. The van der Waals surface area contributed by atoms with Gasteiger partial charge in [0.1, 0.15) is 5.82 Å².